The largest absolute Gasteiger partial charge is 0.491 e. The lowest BCUT2D eigenvalue weighted by atomic mass is 9.93. The number of ether oxygens (including phenoxy) is 1. The Balaban J connectivity index is 1.10. The van der Waals surface area contributed by atoms with Crippen molar-refractivity contribution in [2.45, 2.75) is 51.9 Å². The number of benzene rings is 2. The van der Waals surface area contributed by atoms with Crippen molar-refractivity contribution >= 4 is 28.5 Å². The van der Waals surface area contributed by atoms with E-state index in [0.29, 0.717) is 24.6 Å². The first-order chi connectivity index (χ1) is 22.0. The van der Waals surface area contributed by atoms with Crippen molar-refractivity contribution in [1.82, 2.24) is 19.9 Å². The van der Waals surface area contributed by atoms with E-state index < -0.39 is 0 Å². The SMILES string of the molecule is Cc1c(-c2ncnc3[nH]c(-c4ccc(C(=O)N5CCCCC5)cc4)cc23)cccc1N1CCOC2=C(CCC(C3CC3)=C2)C1=O. The van der Waals surface area contributed by atoms with Gasteiger partial charge in [0, 0.05) is 41.0 Å². The van der Waals surface area contributed by atoms with Crippen LogP contribution in [0.3, 0.4) is 0 Å². The summed E-state index contributed by atoms with van der Waals surface area (Å²) in [6, 6.07) is 16.0. The number of piperidine rings is 1. The summed E-state index contributed by atoms with van der Waals surface area (Å²) in [4.78, 5) is 43.4. The van der Waals surface area contributed by atoms with Gasteiger partial charge in [0.15, 0.2) is 0 Å². The number of H-pyrrole nitrogens is 1. The predicted molar refractivity (Wildman–Crippen MR) is 175 cm³/mol. The molecule has 45 heavy (non-hydrogen) atoms. The van der Waals surface area contributed by atoms with Gasteiger partial charge in [-0.2, -0.15) is 0 Å². The van der Waals surface area contributed by atoms with Crippen LogP contribution in [0.4, 0.5) is 5.69 Å². The molecule has 0 atom stereocenters. The quantitative estimate of drug-likeness (QED) is 0.267. The summed E-state index contributed by atoms with van der Waals surface area (Å²) in [5.41, 5.74) is 9.20. The number of fused-ring (bicyclic) bond motifs is 1. The van der Waals surface area contributed by atoms with Gasteiger partial charge in [-0.15, -0.1) is 0 Å². The summed E-state index contributed by atoms with van der Waals surface area (Å²) in [6.07, 6.45) is 11.3. The van der Waals surface area contributed by atoms with Crippen LogP contribution in [0.1, 0.15) is 60.9 Å². The summed E-state index contributed by atoms with van der Waals surface area (Å²) < 4.78 is 6.14. The second-order valence-electron chi connectivity index (χ2n) is 12.7. The van der Waals surface area contributed by atoms with E-state index in [1.807, 2.05) is 46.2 Å². The number of nitrogens with one attached hydrogen (secondary N) is 1. The lowest BCUT2D eigenvalue weighted by molar-refractivity contribution is -0.115. The van der Waals surface area contributed by atoms with Crippen LogP contribution in [0.15, 0.2) is 77.8 Å². The first-order valence-corrected chi connectivity index (χ1v) is 16.3. The monoisotopic (exact) mass is 599 g/mol. The zero-order chi connectivity index (χ0) is 30.5. The number of amides is 2. The molecule has 8 heteroatoms. The Hall–Kier alpha value is -4.72. The molecule has 1 saturated carbocycles. The Morgan fingerprint density at radius 2 is 1.80 bits per heavy atom. The molecule has 2 aliphatic carbocycles. The van der Waals surface area contributed by atoms with Crippen LogP contribution in [0.2, 0.25) is 0 Å². The summed E-state index contributed by atoms with van der Waals surface area (Å²) in [7, 11) is 0. The van der Waals surface area contributed by atoms with E-state index in [0.717, 1.165) is 94.9 Å². The van der Waals surface area contributed by atoms with Crippen molar-refractivity contribution in [1.29, 1.82) is 0 Å². The van der Waals surface area contributed by atoms with Crippen molar-refractivity contribution in [3.63, 3.8) is 0 Å². The van der Waals surface area contributed by atoms with Gasteiger partial charge in [0.25, 0.3) is 11.8 Å². The molecule has 1 saturated heterocycles. The van der Waals surface area contributed by atoms with Gasteiger partial charge in [-0.25, -0.2) is 9.97 Å². The van der Waals surface area contributed by atoms with Crippen molar-refractivity contribution in [3.8, 4) is 22.5 Å². The number of hydrogen-bond acceptors (Lipinski definition) is 5. The van der Waals surface area contributed by atoms with E-state index in [-0.39, 0.29) is 11.8 Å². The average Bonchev–Trinajstić information content (AvgIpc) is 3.87. The van der Waals surface area contributed by atoms with E-state index in [1.54, 1.807) is 6.33 Å². The van der Waals surface area contributed by atoms with E-state index in [2.05, 4.69) is 35.1 Å². The van der Waals surface area contributed by atoms with Crippen LogP contribution in [0.5, 0.6) is 0 Å². The molecule has 0 unspecified atom stereocenters. The molecular weight excluding hydrogens is 562 g/mol. The van der Waals surface area contributed by atoms with Crippen LogP contribution >= 0.6 is 0 Å². The molecule has 2 fully saturated rings. The van der Waals surface area contributed by atoms with Gasteiger partial charge in [-0.3, -0.25) is 9.59 Å². The smallest absolute Gasteiger partial charge is 0.258 e. The third-order valence-electron chi connectivity index (χ3n) is 9.82. The molecule has 1 N–H and O–H groups in total. The van der Waals surface area contributed by atoms with Gasteiger partial charge in [-0.1, -0.05) is 29.8 Å². The highest BCUT2D eigenvalue weighted by atomic mass is 16.5. The van der Waals surface area contributed by atoms with Crippen molar-refractivity contribution in [2.24, 2.45) is 5.92 Å². The van der Waals surface area contributed by atoms with Crippen LogP contribution in [0.25, 0.3) is 33.5 Å². The molecule has 2 aliphatic heterocycles. The highest BCUT2D eigenvalue weighted by Crippen LogP contribution is 2.43. The molecule has 0 radical (unpaired) electrons. The molecule has 2 amide bonds. The van der Waals surface area contributed by atoms with Gasteiger partial charge >= 0.3 is 0 Å². The zero-order valence-corrected chi connectivity index (χ0v) is 25.6. The molecular formula is C37H37N5O3. The number of rotatable bonds is 5. The third-order valence-corrected chi connectivity index (χ3v) is 9.82. The van der Waals surface area contributed by atoms with Crippen LogP contribution < -0.4 is 4.90 Å². The Morgan fingerprint density at radius 1 is 0.978 bits per heavy atom. The Labute approximate surface area is 262 Å². The van der Waals surface area contributed by atoms with Gasteiger partial charge < -0.3 is 19.5 Å². The second-order valence-corrected chi connectivity index (χ2v) is 12.7. The number of carbonyl (C=O) groups excluding carboxylic acids is 2. The lowest BCUT2D eigenvalue weighted by Crippen LogP contribution is -2.35. The summed E-state index contributed by atoms with van der Waals surface area (Å²) in [6.45, 7) is 4.69. The van der Waals surface area contributed by atoms with E-state index in [9.17, 15) is 9.59 Å². The molecule has 2 aromatic carbocycles. The molecule has 4 aromatic rings. The van der Waals surface area contributed by atoms with Crippen molar-refractivity contribution in [3.05, 3.63) is 89.0 Å². The van der Waals surface area contributed by atoms with E-state index >= 15 is 0 Å². The highest BCUT2D eigenvalue weighted by molar-refractivity contribution is 6.08. The number of likely N-dealkylation sites (tertiary alicyclic amines) is 1. The number of carbonyl (C=O) groups is 2. The lowest BCUT2D eigenvalue weighted by Gasteiger charge is -2.26. The first-order valence-electron chi connectivity index (χ1n) is 16.3. The molecule has 228 valence electrons. The predicted octanol–water partition coefficient (Wildman–Crippen LogP) is 6.97. The molecule has 8 nitrogen and oxygen atoms in total. The van der Waals surface area contributed by atoms with Gasteiger partial charge in [0.1, 0.15) is 24.3 Å². The maximum absolute atomic E-state index is 13.9. The summed E-state index contributed by atoms with van der Waals surface area (Å²) in [5.74, 6) is 1.59. The van der Waals surface area contributed by atoms with Gasteiger partial charge in [0.2, 0.25) is 0 Å². The van der Waals surface area contributed by atoms with E-state index in [1.165, 1.54) is 24.8 Å². The zero-order valence-electron chi connectivity index (χ0n) is 25.6. The number of aromatic amines is 1. The molecule has 8 rings (SSSR count). The number of anilines is 1. The maximum atomic E-state index is 13.9. The standard InChI is InChI=1S/C37H37N5O3/c1-23-28(6-5-7-32(23)42-18-19-45-33-20-27(24-8-9-24)14-15-29(33)37(42)44)34-30-21-31(40-35(30)39-22-38-34)25-10-12-26(13-11-25)36(43)41-16-3-2-4-17-41/h5-7,10-13,20-22,24H,2-4,8-9,14-19H2,1H3,(H,38,39,40). The molecule has 2 aromatic heterocycles. The normalized spacial score (nSPS) is 18.9. The minimum absolute atomic E-state index is 0.0350. The Kier molecular flexibility index (Phi) is 7.00. The van der Waals surface area contributed by atoms with E-state index in [4.69, 9.17) is 9.72 Å². The summed E-state index contributed by atoms with van der Waals surface area (Å²) in [5, 5.41) is 0.904. The fourth-order valence-electron chi connectivity index (χ4n) is 7.13. The minimum Gasteiger partial charge on any atom is -0.491 e. The molecule has 0 spiro atoms. The fraction of sp³-hybridized carbons (Fsp3) is 0.351. The number of allylic oxidation sites excluding steroid dienone is 2. The molecule has 4 aliphatic rings. The van der Waals surface area contributed by atoms with Crippen LogP contribution in [0, 0.1) is 12.8 Å². The van der Waals surface area contributed by atoms with Crippen LogP contribution in [-0.4, -0.2) is 57.9 Å². The van der Waals surface area contributed by atoms with Crippen molar-refractivity contribution < 1.29 is 14.3 Å². The van der Waals surface area contributed by atoms with Crippen LogP contribution in [-0.2, 0) is 9.53 Å². The second kappa shape index (κ2) is 11.3. The van der Waals surface area contributed by atoms with Crippen molar-refractivity contribution in [2.75, 3.05) is 31.1 Å². The maximum Gasteiger partial charge on any atom is 0.258 e. The third kappa shape index (κ3) is 5.12. The molecule has 4 heterocycles. The van der Waals surface area contributed by atoms with Gasteiger partial charge in [0.05, 0.1) is 17.8 Å². The molecule has 0 bridgehead atoms. The minimum atomic E-state index is 0.0350. The summed E-state index contributed by atoms with van der Waals surface area (Å²) >= 11 is 0. The number of hydrogen-bond donors (Lipinski definition) is 1. The number of aromatic nitrogens is 3. The highest BCUT2D eigenvalue weighted by Gasteiger charge is 2.34. The topological polar surface area (TPSA) is 91.4 Å². The average molecular weight is 600 g/mol. The Morgan fingerprint density at radius 3 is 2.60 bits per heavy atom. The first kappa shape index (κ1) is 27.8. The van der Waals surface area contributed by atoms with Gasteiger partial charge in [-0.05, 0) is 99.3 Å². The fourth-order valence-corrected chi connectivity index (χ4v) is 7.13. The Bertz CT molecular complexity index is 1880. The number of nitrogens with zero attached hydrogens (tertiary/aromatic N) is 4.